The summed E-state index contributed by atoms with van der Waals surface area (Å²) < 4.78 is 10.5. The van der Waals surface area contributed by atoms with Gasteiger partial charge in [0.2, 0.25) is 0 Å². The zero-order valence-electron chi connectivity index (χ0n) is 16.4. The van der Waals surface area contributed by atoms with E-state index in [1.807, 2.05) is 12.1 Å². The topological polar surface area (TPSA) is 86.1 Å². The van der Waals surface area contributed by atoms with Crippen LogP contribution in [0.3, 0.4) is 0 Å². The third kappa shape index (κ3) is 5.97. The molecule has 0 saturated carbocycles. The predicted molar refractivity (Wildman–Crippen MR) is 107 cm³/mol. The standard InChI is InChI=1S/C22H24N2O5/c1-16(25)19-4-2-3-5-20(19)23-21(26)15-29-22(27)18-8-6-17(7-9-18)14-24-10-12-28-13-11-24/h2-9H,10-15H2,1H3,(H,23,26)/p+1. The highest BCUT2D eigenvalue weighted by atomic mass is 16.5. The van der Waals surface area contributed by atoms with Crippen LogP contribution >= 0.6 is 0 Å². The summed E-state index contributed by atoms with van der Waals surface area (Å²) in [6, 6.07) is 13.9. The molecule has 2 N–H and O–H groups in total. The molecular formula is C22H25N2O5+. The maximum absolute atomic E-state index is 12.2. The van der Waals surface area contributed by atoms with E-state index >= 15 is 0 Å². The van der Waals surface area contributed by atoms with Gasteiger partial charge in [0.05, 0.1) is 24.5 Å². The van der Waals surface area contributed by atoms with E-state index in [9.17, 15) is 14.4 Å². The van der Waals surface area contributed by atoms with Crippen molar-refractivity contribution in [2.45, 2.75) is 13.5 Å². The average Bonchev–Trinajstić information content (AvgIpc) is 2.73. The highest BCUT2D eigenvalue weighted by molar-refractivity contribution is 6.04. The molecule has 7 heteroatoms. The highest BCUT2D eigenvalue weighted by Gasteiger charge is 2.16. The van der Waals surface area contributed by atoms with Crippen molar-refractivity contribution in [3.8, 4) is 0 Å². The van der Waals surface area contributed by atoms with E-state index in [0.717, 1.165) is 38.4 Å². The van der Waals surface area contributed by atoms with Gasteiger partial charge in [0.15, 0.2) is 12.4 Å². The van der Waals surface area contributed by atoms with Crippen molar-refractivity contribution in [2.24, 2.45) is 0 Å². The van der Waals surface area contributed by atoms with Gasteiger partial charge in [-0.25, -0.2) is 4.79 Å². The molecule has 2 aromatic carbocycles. The number of amides is 1. The van der Waals surface area contributed by atoms with Gasteiger partial charge in [-0.3, -0.25) is 9.59 Å². The van der Waals surface area contributed by atoms with Crippen molar-refractivity contribution >= 4 is 23.3 Å². The minimum atomic E-state index is -0.565. The second-order valence-electron chi connectivity index (χ2n) is 6.96. The Morgan fingerprint density at radius 1 is 1.03 bits per heavy atom. The third-order valence-electron chi connectivity index (χ3n) is 4.76. The number of morpholine rings is 1. The number of benzene rings is 2. The highest BCUT2D eigenvalue weighted by Crippen LogP contribution is 2.15. The molecule has 1 saturated heterocycles. The van der Waals surface area contributed by atoms with Crippen molar-refractivity contribution in [1.29, 1.82) is 0 Å². The number of quaternary nitrogens is 1. The molecule has 0 radical (unpaired) electrons. The first-order valence-electron chi connectivity index (χ1n) is 9.60. The number of ether oxygens (including phenoxy) is 2. The number of Topliss-reactive ketones (excluding diaryl/α,β-unsaturated/α-hetero) is 1. The SMILES string of the molecule is CC(=O)c1ccccc1NC(=O)COC(=O)c1ccc(C[NH+]2CCOCC2)cc1. The fraction of sp³-hybridized carbons (Fsp3) is 0.318. The van der Waals surface area contributed by atoms with Crippen molar-refractivity contribution < 1.29 is 28.8 Å². The van der Waals surface area contributed by atoms with Crippen LogP contribution in [-0.2, 0) is 20.8 Å². The molecule has 1 aliphatic rings. The van der Waals surface area contributed by atoms with Crippen LogP contribution < -0.4 is 10.2 Å². The first-order chi connectivity index (χ1) is 14.0. The number of carbonyl (C=O) groups is 3. The van der Waals surface area contributed by atoms with Gasteiger partial charge in [0.1, 0.15) is 19.6 Å². The predicted octanol–water partition coefficient (Wildman–Crippen LogP) is 1.10. The Morgan fingerprint density at radius 3 is 2.41 bits per heavy atom. The van der Waals surface area contributed by atoms with Crippen molar-refractivity contribution in [1.82, 2.24) is 0 Å². The van der Waals surface area contributed by atoms with Gasteiger partial charge in [-0.05, 0) is 31.2 Å². The molecule has 0 unspecified atom stereocenters. The fourth-order valence-electron chi connectivity index (χ4n) is 3.18. The van der Waals surface area contributed by atoms with E-state index in [1.54, 1.807) is 36.4 Å². The van der Waals surface area contributed by atoms with Crippen molar-refractivity contribution in [3.63, 3.8) is 0 Å². The first kappa shape index (κ1) is 20.7. The number of nitrogens with one attached hydrogen (secondary N) is 2. The summed E-state index contributed by atoms with van der Waals surface area (Å²) in [7, 11) is 0. The molecule has 0 spiro atoms. The largest absolute Gasteiger partial charge is 0.452 e. The number of carbonyl (C=O) groups excluding carboxylic acids is 3. The summed E-state index contributed by atoms with van der Waals surface area (Å²) in [5, 5.41) is 2.60. The Balaban J connectivity index is 1.50. The van der Waals surface area contributed by atoms with Crippen molar-refractivity contribution in [2.75, 3.05) is 38.2 Å². The van der Waals surface area contributed by atoms with Crippen molar-refractivity contribution in [3.05, 3.63) is 65.2 Å². The smallest absolute Gasteiger partial charge is 0.338 e. The lowest BCUT2D eigenvalue weighted by Crippen LogP contribution is -3.12. The fourth-order valence-corrected chi connectivity index (χ4v) is 3.18. The van der Waals surface area contributed by atoms with Gasteiger partial charge in [-0.15, -0.1) is 0 Å². The maximum Gasteiger partial charge on any atom is 0.338 e. The number of anilines is 1. The lowest BCUT2D eigenvalue weighted by Gasteiger charge is -2.23. The molecule has 29 heavy (non-hydrogen) atoms. The van der Waals surface area contributed by atoms with Crippen LogP contribution in [-0.4, -0.2) is 50.6 Å². The molecule has 0 bridgehead atoms. The second kappa shape index (κ2) is 9.95. The van der Waals surface area contributed by atoms with Crippen LogP contribution in [0, 0.1) is 0 Å². The lowest BCUT2D eigenvalue weighted by molar-refractivity contribution is -0.921. The van der Waals surface area contributed by atoms with E-state index in [0.29, 0.717) is 16.8 Å². The van der Waals surface area contributed by atoms with Gasteiger partial charge < -0.3 is 19.7 Å². The second-order valence-corrected chi connectivity index (χ2v) is 6.96. The Bertz CT molecular complexity index is 873. The van der Waals surface area contributed by atoms with Gasteiger partial charge in [0.25, 0.3) is 5.91 Å². The molecule has 1 heterocycles. The molecule has 152 valence electrons. The van der Waals surface area contributed by atoms with Gasteiger partial charge in [-0.1, -0.05) is 24.3 Å². The molecule has 2 aromatic rings. The van der Waals surface area contributed by atoms with E-state index in [1.165, 1.54) is 11.8 Å². The summed E-state index contributed by atoms with van der Waals surface area (Å²) in [5.41, 5.74) is 2.33. The molecule has 1 aliphatic heterocycles. The number of hydrogen-bond donors (Lipinski definition) is 2. The molecule has 1 amide bonds. The minimum Gasteiger partial charge on any atom is -0.452 e. The van der Waals surface area contributed by atoms with Gasteiger partial charge in [-0.2, -0.15) is 0 Å². The summed E-state index contributed by atoms with van der Waals surface area (Å²) in [5.74, 6) is -1.22. The summed E-state index contributed by atoms with van der Waals surface area (Å²) >= 11 is 0. The maximum atomic E-state index is 12.2. The average molecular weight is 397 g/mol. The molecule has 0 atom stereocenters. The van der Waals surface area contributed by atoms with E-state index in [-0.39, 0.29) is 5.78 Å². The van der Waals surface area contributed by atoms with Crippen LogP contribution in [0.1, 0.15) is 33.2 Å². The van der Waals surface area contributed by atoms with Crippen LogP contribution in [0.25, 0.3) is 0 Å². The minimum absolute atomic E-state index is 0.156. The van der Waals surface area contributed by atoms with Crippen LogP contribution in [0.2, 0.25) is 0 Å². The Labute approximate surface area is 169 Å². The molecular weight excluding hydrogens is 372 g/mol. The Hall–Kier alpha value is -3.03. The number of rotatable bonds is 7. The molecule has 7 nitrogen and oxygen atoms in total. The summed E-state index contributed by atoms with van der Waals surface area (Å²) in [6.45, 7) is 5.39. The molecule has 1 fully saturated rings. The summed E-state index contributed by atoms with van der Waals surface area (Å²) in [6.07, 6.45) is 0. The van der Waals surface area contributed by atoms with Gasteiger partial charge in [0, 0.05) is 11.1 Å². The Morgan fingerprint density at radius 2 is 1.72 bits per heavy atom. The number of esters is 1. The van der Waals surface area contributed by atoms with Gasteiger partial charge >= 0.3 is 5.97 Å². The number of ketones is 1. The quantitative estimate of drug-likeness (QED) is 0.540. The van der Waals surface area contributed by atoms with E-state index in [2.05, 4.69) is 5.32 Å². The number of hydrogen-bond acceptors (Lipinski definition) is 5. The monoisotopic (exact) mass is 397 g/mol. The van der Waals surface area contributed by atoms with Crippen LogP contribution in [0.5, 0.6) is 0 Å². The normalized spacial score (nSPS) is 14.2. The molecule has 3 rings (SSSR count). The molecule has 0 aromatic heterocycles. The zero-order valence-corrected chi connectivity index (χ0v) is 16.4. The molecule has 0 aliphatic carbocycles. The van der Waals surface area contributed by atoms with E-state index in [4.69, 9.17) is 9.47 Å². The van der Waals surface area contributed by atoms with E-state index < -0.39 is 18.5 Å². The zero-order chi connectivity index (χ0) is 20.6. The first-order valence-corrected chi connectivity index (χ1v) is 9.60. The Kier molecular flexibility index (Phi) is 7.10. The van der Waals surface area contributed by atoms with Crippen LogP contribution in [0.15, 0.2) is 48.5 Å². The number of para-hydroxylation sites is 1. The summed E-state index contributed by atoms with van der Waals surface area (Å²) in [4.78, 5) is 37.3. The van der Waals surface area contributed by atoms with Crippen LogP contribution in [0.4, 0.5) is 5.69 Å². The third-order valence-corrected chi connectivity index (χ3v) is 4.76. The lowest BCUT2D eigenvalue weighted by atomic mass is 10.1.